The van der Waals surface area contributed by atoms with Crippen LogP contribution in [0.2, 0.25) is 0 Å². The third-order valence-corrected chi connectivity index (χ3v) is 0. The minimum Gasteiger partial charge on any atom is -1.00 e. The molecule has 0 saturated heterocycles. The van der Waals surface area contributed by atoms with E-state index in [1.54, 1.807) is 10.1 Å². The van der Waals surface area contributed by atoms with E-state index >= 15 is 0 Å². The zero-order chi connectivity index (χ0) is 2.00. The molecule has 0 saturated carbocycles. The minimum atomic E-state index is 0. The Morgan fingerprint density at radius 1 is 0.714 bits per heavy atom. The largest absolute Gasteiger partial charge is 2.00 e. The Labute approximate surface area is 111 Å². The number of hydrogen-bond donors (Lipinski definition) is 0. The van der Waals surface area contributed by atoms with Gasteiger partial charge in [-0.3, -0.25) is 0 Å². The van der Waals surface area contributed by atoms with E-state index in [9.17, 15) is 0 Å². The molecule has 1 nitrogen and oxygen atoms in total. The van der Waals surface area contributed by atoms with Crippen LogP contribution in [-0.2, 0) is 4.46 Å². The molecule has 0 aliphatic rings. The number of halogens is 4. The van der Waals surface area contributed by atoms with E-state index < -0.39 is 0 Å². The summed E-state index contributed by atoms with van der Waals surface area (Å²) in [5.74, 6) is 0. The van der Waals surface area contributed by atoms with Gasteiger partial charge < -0.3 is 49.6 Å². The van der Waals surface area contributed by atoms with E-state index in [0.717, 1.165) is 0 Å². The van der Waals surface area contributed by atoms with Gasteiger partial charge in [-0.25, -0.2) is 0 Å². The van der Waals surface area contributed by atoms with Crippen LogP contribution >= 0.6 is 0 Å². The number of rotatable bonds is 0. The van der Waals surface area contributed by atoms with Crippen molar-refractivity contribution >= 4 is 59.0 Å². The molecule has 7 heavy (non-hydrogen) atoms. The predicted molar refractivity (Wildman–Crippen MR) is 12.2 cm³/mol. The number of hydrogen-bond acceptors (Lipinski definition) is 1. The summed E-state index contributed by atoms with van der Waals surface area (Å²) in [6.45, 7) is 0. The van der Waals surface area contributed by atoms with Crippen LogP contribution in [0.25, 0.3) is 0 Å². The fraction of sp³-hybridized carbons (Fsp3) is 0. The molecule has 0 aromatic heterocycles. The second-order valence-electron chi connectivity index (χ2n) is 0. The Balaban J connectivity index is -0.000000000500. The molecule has 7 heteroatoms. The van der Waals surface area contributed by atoms with Crippen molar-refractivity contribution in [2.24, 2.45) is 0 Å². The maximum atomic E-state index is 8.06. The van der Waals surface area contributed by atoms with Gasteiger partial charge in [0.1, 0.15) is 0 Å². The first-order valence-electron chi connectivity index (χ1n) is 0.204. The van der Waals surface area contributed by atoms with E-state index in [1.165, 1.54) is 0 Å². The van der Waals surface area contributed by atoms with Crippen LogP contribution in [0.5, 0.6) is 0 Å². The Morgan fingerprint density at radius 2 is 0.714 bits per heavy atom. The van der Waals surface area contributed by atoms with Crippen LogP contribution in [0.15, 0.2) is 0 Å². The SMILES string of the molecule is O=[Si+2].[Ba+2].[Cl-].[Cl-].[Cl-].[Cl-]. The molecule has 0 unspecified atom stereocenters. The van der Waals surface area contributed by atoms with Crippen molar-refractivity contribution in [2.75, 3.05) is 0 Å². The molecule has 40 valence electrons. The van der Waals surface area contributed by atoms with E-state index in [0.29, 0.717) is 0 Å². The van der Waals surface area contributed by atoms with Gasteiger partial charge in [-0.1, -0.05) is 0 Å². The van der Waals surface area contributed by atoms with Crippen molar-refractivity contribution in [3.8, 4) is 0 Å². The molecule has 0 amide bonds. The summed E-state index contributed by atoms with van der Waals surface area (Å²) >= 11 is 0. The smallest absolute Gasteiger partial charge is 1.00 e. The van der Waals surface area contributed by atoms with Crippen LogP contribution in [0.1, 0.15) is 0 Å². The van der Waals surface area contributed by atoms with Crippen molar-refractivity contribution in [3.05, 3.63) is 0 Å². The molecule has 0 heterocycles. The molecule has 0 aliphatic heterocycles. The first kappa shape index (κ1) is 53.1. The van der Waals surface area contributed by atoms with Crippen molar-refractivity contribution in [1.82, 2.24) is 0 Å². The van der Waals surface area contributed by atoms with Crippen molar-refractivity contribution in [1.29, 1.82) is 0 Å². The average Bonchev–Trinajstić information content (AvgIpc) is 1.00. The molecular formula is BaCl4OSi. The van der Waals surface area contributed by atoms with Crippen molar-refractivity contribution in [2.45, 2.75) is 0 Å². The topological polar surface area (TPSA) is 17.1 Å². The fourth-order valence-corrected chi connectivity index (χ4v) is 0. The Hall–Kier alpha value is 2.75. The van der Waals surface area contributed by atoms with Gasteiger partial charge in [-0.05, 0) is 0 Å². The van der Waals surface area contributed by atoms with Crippen molar-refractivity contribution < 1.29 is 54.1 Å². The first-order valence-corrected chi connectivity index (χ1v) is 0.612. The summed E-state index contributed by atoms with van der Waals surface area (Å²) in [7, 11) is 1.72. The third-order valence-electron chi connectivity index (χ3n) is 0. The quantitative estimate of drug-likeness (QED) is 0.405. The second-order valence-corrected chi connectivity index (χ2v) is 0. The summed E-state index contributed by atoms with van der Waals surface area (Å²) in [5, 5.41) is 0. The maximum absolute atomic E-state index is 8.06. The molecule has 0 aromatic rings. The zero-order valence-corrected chi connectivity index (χ0v) is 11.6. The van der Waals surface area contributed by atoms with Crippen molar-refractivity contribution in [3.63, 3.8) is 0 Å². The standard InChI is InChI=1S/Ba.4ClH.OSi/c;;;;;1-2/h;4*1H;/q+2;;;;;+2/p-4. The molecule has 0 bridgehead atoms. The van der Waals surface area contributed by atoms with Gasteiger partial charge in [0.15, 0.2) is 0 Å². The van der Waals surface area contributed by atoms with E-state index in [4.69, 9.17) is 4.46 Å². The van der Waals surface area contributed by atoms with Crippen LogP contribution in [0.3, 0.4) is 0 Å². The summed E-state index contributed by atoms with van der Waals surface area (Å²) < 4.78 is 8.06. The van der Waals surface area contributed by atoms with Gasteiger partial charge >= 0.3 is 63.5 Å². The Kier molecular flexibility index (Phi) is 527. The van der Waals surface area contributed by atoms with E-state index in [-0.39, 0.29) is 98.5 Å². The summed E-state index contributed by atoms with van der Waals surface area (Å²) in [5.41, 5.74) is 0. The Morgan fingerprint density at radius 3 is 0.714 bits per heavy atom. The summed E-state index contributed by atoms with van der Waals surface area (Å²) in [4.78, 5) is 0. The van der Waals surface area contributed by atoms with Gasteiger partial charge in [0.25, 0.3) is 0 Å². The molecule has 0 rings (SSSR count). The van der Waals surface area contributed by atoms with Crippen LogP contribution < -0.4 is 49.6 Å². The zero-order valence-electron chi connectivity index (χ0n) is 3.13. The van der Waals surface area contributed by atoms with Gasteiger partial charge in [0.2, 0.25) is 0 Å². The van der Waals surface area contributed by atoms with E-state index in [2.05, 4.69) is 0 Å². The molecule has 0 atom stereocenters. The van der Waals surface area contributed by atoms with Crippen LogP contribution in [0, 0.1) is 0 Å². The normalized spacial score (nSPS) is 0.857. The Bertz CT molecular complexity index is 11.7. The molecule has 0 fully saturated rings. The first-order chi connectivity index (χ1) is 1.00. The molecule has 0 radical (unpaired) electrons. The molecule has 0 spiro atoms. The summed E-state index contributed by atoms with van der Waals surface area (Å²) in [6, 6.07) is 0. The molecule has 0 aromatic carbocycles. The monoisotopic (exact) mass is 322 g/mol. The average molecular weight is 323 g/mol. The van der Waals surface area contributed by atoms with Crippen LogP contribution in [-0.4, -0.2) is 59.0 Å². The minimum absolute atomic E-state index is 0. The van der Waals surface area contributed by atoms with Crippen LogP contribution in [0.4, 0.5) is 0 Å². The second kappa shape index (κ2) is 69.5. The van der Waals surface area contributed by atoms with Gasteiger partial charge in [-0.2, -0.15) is 0 Å². The predicted octanol–water partition coefficient (Wildman–Crippen LogP) is -12.9. The molecular weight excluding hydrogens is 323 g/mol. The van der Waals surface area contributed by atoms with Gasteiger partial charge in [0, 0.05) is 0 Å². The molecule has 0 aliphatic carbocycles. The van der Waals surface area contributed by atoms with E-state index in [1.807, 2.05) is 0 Å². The van der Waals surface area contributed by atoms with Gasteiger partial charge in [-0.15, -0.1) is 0 Å². The molecule has 0 N–H and O–H groups in total. The third kappa shape index (κ3) is 52.7. The maximum Gasteiger partial charge on any atom is 2.00 e. The fourth-order valence-electron chi connectivity index (χ4n) is 0. The summed E-state index contributed by atoms with van der Waals surface area (Å²) in [6.07, 6.45) is 0. The van der Waals surface area contributed by atoms with Gasteiger partial charge in [0.05, 0.1) is 0 Å².